The summed E-state index contributed by atoms with van der Waals surface area (Å²) in [5, 5.41) is 0. The average Bonchev–Trinajstić information content (AvgIpc) is 2.65. The van der Waals surface area contributed by atoms with Gasteiger partial charge in [0.2, 0.25) is 23.6 Å². The molecular formula is C24H42N4O4. The Morgan fingerprint density at radius 3 is 1.19 bits per heavy atom. The Kier molecular flexibility index (Phi) is 6.81. The Morgan fingerprint density at radius 1 is 0.656 bits per heavy atom. The van der Waals surface area contributed by atoms with E-state index in [1.54, 1.807) is 47.3 Å². The van der Waals surface area contributed by atoms with Crippen LogP contribution in [0, 0.1) is 0 Å². The van der Waals surface area contributed by atoms with Crippen LogP contribution < -0.4 is 0 Å². The molecule has 4 amide bonds. The lowest BCUT2D eigenvalue weighted by molar-refractivity contribution is -0.174. The summed E-state index contributed by atoms with van der Waals surface area (Å²) in [5.41, 5.74) is -2.94. The molecule has 8 nitrogen and oxygen atoms in total. The first-order valence-corrected chi connectivity index (χ1v) is 11.7. The average molecular weight is 451 g/mol. The maximum Gasteiger partial charge on any atom is 0.248 e. The van der Waals surface area contributed by atoms with Crippen LogP contribution in [0.5, 0.6) is 0 Å². The topological polar surface area (TPSA) is 81.2 Å². The lowest BCUT2D eigenvalue weighted by atomic mass is 9.85. The first-order chi connectivity index (χ1) is 14.4. The number of hydrogen-bond donors (Lipinski definition) is 0. The summed E-state index contributed by atoms with van der Waals surface area (Å²) in [6.45, 7) is 20.3. The molecule has 2 fully saturated rings. The summed E-state index contributed by atoms with van der Waals surface area (Å²) in [6, 6.07) is 0. The molecule has 2 rings (SSSR count). The maximum atomic E-state index is 13.3. The first kappa shape index (κ1) is 26.1. The quantitative estimate of drug-likeness (QED) is 0.643. The summed E-state index contributed by atoms with van der Waals surface area (Å²) in [4.78, 5) is 58.9. The summed E-state index contributed by atoms with van der Waals surface area (Å²) in [5.74, 6) is -0.291. The summed E-state index contributed by atoms with van der Waals surface area (Å²) >= 11 is 0. The highest BCUT2D eigenvalue weighted by Crippen LogP contribution is 2.36. The van der Waals surface area contributed by atoms with Gasteiger partial charge in [0.05, 0.1) is 11.1 Å². The number of piperazine rings is 2. The van der Waals surface area contributed by atoms with Crippen LogP contribution >= 0.6 is 0 Å². The highest BCUT2D eigenvalue weighted by atomic mass is 16.2. The van der Waals surface area contributed by atoms with Gasteiger partial charge in [-0.05, 0) is 55.4 Å². The van der Waals surface area contributed by atoms with E-state index in [-0.39, 0.29) is 23.6 Å². The molecule has 0 saturated carbocycles. The van der Waals surface area contributed by atoms with Crippen molar-refractivity contribution in [2.75, 3.05) is 26.2 Å². The molecule has 0 aliphatic carbocycles. The van der Waals surface area contributed by atoms with Crippen LogP contribution in [0.3, 0.4) is 0 Å². The van der Waals surface area contributed by atoms with E-state index < -0.39 is 22.2 Å². The number of hydrogen-bond acceptors (Lipinski definition) is 4. The fourth-order valence-corrected chi connectivity index (χ4v) is 5.92. The van der Waals surface area contributed by atoms with Crippen LogP contribution in [0.2, 0.25) is 0 Å². The van der Waals surface area contributed by atoms with Crippen molar-refractivity contribution in [3.05, 3.63) is 0 Å². The van der Waals surface area contributed by atoms with E-state index in [2.05, 4.69) is 0 Å². The molecule has 0 radical (unpaired) electrons. The molecule has 0 bridgehead atoms. The van der Waals surface area contributed by atoms with Gasteiger partial charge in [0.25, 0.3) is 0 Å². The fourth-order valence-electron chi connectivity index (χ4n) is 5.92. The van der Waals surface area contributed by atoms with Crippen molar-refractivity contribution in [2.45, 2.75) is 104 Å². The van der Waals surface area contributed by atoms with E-state index >= 15 is 0 Å². The molecule has 2 saturated heterocycles. The van der Waals surface area contributed by atoms with E-state index in [4.69, 9.17) is 0 Å². The molecule has 2 heterocycles. The Hall–Kier alpha value is -2.12. The van der Waals surface area contributed by atoms with Gasteiger partial charge >= 0.3 is 0 Å². The molecule has 0 aromatic heterocycles. The molecule has 0 atom stereocenters. The zero-order valence-corrected chi connectivity index (χ0v) is 21.7. The van der Waals surface area contributed by atoms with Gasteiger partial charge in [-0.15, -0.1) is 0 Å². The lowest BCUT2D eigenvalue weighted by Crippen LogP contribution is -2.74. The number of carbonyl (C=O) groups excluding carboxylic acids is 4. The minimum atomic E-state index is -0.955. The van der Waals surface area contributed by atoms with Crippen molar-refractivity contribution in [3.63, 3.8) is 0 Å². The Balaban J connectivity index is 2.24. The second kappa shape index (κ2) is 8.34. The predicted octanol–water partition coefficient (Wildman–Crippen LogP) is 2.26. The molecule has 0 aromatic rings. The monoisotopic (exact) mass is 450 g/mol. The normalized spacial score (nSPS) is 24.1. The largest absolute Gasteiger partial charge is 0.337 e. The Labute approximate surface area is 193 Å². The summed E-state index contributed by atoms with van der Waals surface area (Å²) < 4.78 is 0. The lowest BCUT2D eigenvalue weighted by Gasteiger charge is -2.57. The second-order valence-corrected chi connectivity index (χ2v) is 11.4. The van der Waals surface area contributed by atoms with Crippen LogP contribution in [0.15, 0.2) is 0 Å². The van der Waals surface area contributed by atoms with Crippen molar-refractivity contribution < 1.29 is 19.2 Å². The highest BCUT2D eigenvalue weighted by molar-refractivity contribution is 5.94. The minimum Gasteiger partial charge on any atom is -0.337 e. The van der Waals surface area contributed by atoms with Gasteiger partial charge in [0, 0.05) is 39.0 Å². The van der Waals surface area contributed by atoms with Gasteiger partial charge in [-0.3, -0.25) is 19.2 Å². The molecule has 0 N–H and O–H groups in total. The third-order valence-corrected chi connectivity index (χ3v) is 6.85. The van der Waals surface area contributed by atoms with Crippen LogP contribution in [0.1, 0.15) is 82.1 Å². The zero-order valence-electron chi connectivity index (χ0n) is 21.7. The van der Waals surface area contributed by atoms with Gasteiger partial charge in [-0.25, -0.2) is 0 Å². The molecule has 0 unspecified atom stereocenters. The molecule has 32 heavy (non-hydrogen) atoms. The SMILES string of the molecule is CCC(=O)N1C(C)(C)CN(CCN2CC(C)(C)N(C(=O)CC)C(C)(C)C2=O)C(=O)C1(C)C. The first-order valence-electron chi connectivity index (χ1n) is 11.7. The number of carbonyl (C=O) groups is 4. The molecule has 2 aliphatic heterocycles. The van der Waals surface area contributed by atoms with Gasteiger partial charge < -0.3 is 19.6 Å². The number of amides is 4. The van der Waals surface area contributed by atoms with Crippen LogP contribution in [-0.2, 0) is 19.2 Å². The minimum absolute atomic E-state index is 0.0385. The van der Waals surface area contributed by atoms with Crippen LogP contribution in [-0.4, -0.2) is 91.6 Å². The third kappa shape index (κ3) is 4.25. The molecule has 182 valence electrons. The number of rotatable bonds is 5. The molecule has 2 aliphatic rings. The van der Waals surface area contributed by atoms with Gasteiger partial charge in [-0.1, -0.05) is 13.8 Å². The van der Waals surface area contributed by atoms with E-state index in [1.807, 2.05) is 41.5 Å². The van der Waals surface area contributed by atoms with Crippen molar-refractivity contribution in [1.29, 1.82) is 0 Å². The molecular weight excluding hydrogens is 408 g/mol. The van der Waals surface area contributed by atoms with Gasteiger partial charge in [0.15, 0.2) is 0 Å². The standard InChI is InChI=1S/C24H42N4O4/c1-11-17(29)27-21(3,4)15-25(19(31)23(27,7)8)13-14-26-16-22(5,6)28(18(30)12-2)24(9,10)20(26)32/h11-16H2,1-10H3. The van der Waals surface area contributed by atoms with E-state index in [0.717, 1.165) is 0 Å². The van der Waals surface area contributed by atoms with Gasteiger partial charge in [0.1, 0.15) is 11.1 Å². The van der Waals surface area contributed by atoms with Crippen molar-refractivity contribution in [2.24, 2.45) is 0 Å². The summed E-state index contributed by atoms with van der Waals surface area (Å²) in [6.07, 6.45) is 0.694. The van der Waals surface area contributed by atoms with Crippen molar-refractivity contribution >= 4 is 23.6 Å². The molecule has 0 aromatic carbocycles. The fraction of sp³-hybridized carbons (Fsp3) is 0.833. The maximum absolute atomic E-state index is 13.3. The Morgan fingerprint density at radius 2 is 0.938 bits per heavy atom. The van der Waals surface area contributed by atoms with Crippen LogP contribution in [0.25, 0.3) is 0 Å². The van der Waals surface area contributed by atoms with Gasteiger partial charge in [-0.2, -0.15) is 0 Å². The molecule has 0 spiro atoms. The van der Waals surface area contributed by atoms with E-state index in [1.165, 1.54) is 0 Å². The Bertz CT molecular complexity index is 734. The molecule has 8 heteroatoms. The number of nitrogens with zero attached hydrogens (tertiary/aromatic N) is 4. The van der Waals surface area contributed by atoms with Crippen molar-refractivity contribution in [1.82, 2.24) is 19.6 Å². The van der Waals surface area contributed by atoms with Crippen LogP contribution in [0.4, 0.5) is 0 Å². The second-order valence-electron chi connectivity index (χ2n) is 11.4. The highest BCUT2D eigenvalue weighted by Gasteiger charge is 2.54. The predicted molar refractivity (Wildman–Crippen MR) is 124 cm³/mol. The summed E-state index contributed by atoms with van der Waals surface area (Å²) in [7, 11) is 0. The van der Waals surface area contributed by atoms with E-state index in [0.29, 0.717) is 39.0 Å². The third-order valence-electron chi connectivity index (χ3n) is 6.85. The van der Waals surface area contributed by atoms with E-state index in [9.17, 15) is 19.2 Å². The van der Waals surface area contributed by atoms with Crippen molar-refractivity contribution in [3.8, 4) is 0 Å². The smallest absolute Gasteiger partial charge is 0.248 e. The zero-order chi connectivity index (χ0) is 24.9.